The third-order valence-corrected chi connectivity index (χ3v) is 1.14. The number of ether oxygens (including phenoxy) is 1. The van der Waals surface area contributed by atoms with Crippen molar-refractivity contribution >= 4 is 6.09 Å². The van der Waals surface area contributed by atoms with Crippen molar-refractivity contribution in [1.29, 1.82) is 0 Å². The Morgan fingerprint density at radius 1 is 1.64 bits per heavy atom. The summed E-state index contributed by atoms with van der Waals surface area (Å²) >= 11 is 0. The molecule has 1 aromatic carbocycles. The van der Waals surface area contributed by atoms with E-state index >= 15 is 0 Å². The maximum atomic E-state index is 10.2. The molecule has 0 spiro atoms. The number of rotatable bonds is 2. The van der Waals surface area contributed by atoms with Crippen LogP contribution < -0.4 is 5.73 Å². The minimum absolute atomic E-state index is 0.191. The van der Waals surface area contributed by atoms with E-state index in [0.717, 1.165) is 5.56 Å². The normalized spacial score (nSPS) is 9.09. The molecular weight excluding hydrogens is 142 g/mol. The molecule has 0 unspecified atom stereocenters. The molecule has 0 heterocycles. The van der Waals surface area contributed by atoms with E-state index < -0.39 is 6.09 Å². The molecule has 1 aromatic rings. The molecule has 0 atom stereocenters. The number of carbonyl (C=O) groups is 1. The lowest BCUT2D eigenvalue weighted by Gasteiger charge is -1.98. The van der Waals surface area contributed by atoms with Crippen molar-refractivity contribution in [2.45, 2.75) is 6.61 Å². The third-order valence-electron chi connectivity index (χ3n) is 1.14. The summed E-state index contributed by atoms with van der Waals surface area (Å²) in [6, 6.07) is 10.1. The maximum Gasteiger partial charge on any atom is 0.404 e. The Morgan fingerprint density at radius 2 is 2.45 bits per heavy atom. The average Bonchev–Trinajstić information content (AvgIpc) is 2.03. The van der Waals surface area contributed by atoms with Crippen molar-refractivity contribution in [2.24, 2.45) is 5.73 Å². The lowest BCUT2D eigenvalue weighted by molar-refractivity contribution is 0.150. The lowest BCUT2D eigenvalue weighted by atomic mass is 10.2. The summed E-state index contributed by atoms with van der Waals surface area (Å²) in [4.78, 5) is 10.2. The highest BCUT2D eigenvalue weighted by Crippen LogP contribution is 1.98. The molecule has 0 bridgehead atoms. The second kappa shape index (κ2) is 3.61. The summed E-state index contributed by atoms with van der Waals surface area (Å²) in [5, 5.41) is 0. The van der Waals surface area contributed by atoms with Crippen molar-refractivity contribution in [3.8, 4) is 0 Å². The molecule has 0 aliphatic heterocycles. The monoisotopic (exact) mass is 150 g/mol. The van der Waals surface area contributed by atoms with Gasteiger partial charge < -0.3 is 10.5 Å². The molecule has 0 saturated heterocycles. The van der Waals surface area contributed by atoms with Gasteiger partial charge in [0.05, 0.1) is 0 Å². The van der Waals surface area contributed by atoms with Crippen molar-refractivity contribution in [3.63, 3.8) is 0 Å². The quantitative estimate of drug-likeness (QED) is 0.685. The fourth-order valence-electron chi connectivity index (χ4n) is 0.669. The van der Waals surface area contributed by atoms with Gasteiger partial charge in [0.25, 0.3) is 0 Å². The maximum absolute atomic E-state index is 10.2. The van der Waals surface area contributed by atoms with Gasteiger partial charge in [-0.3, -0.25) is 0 Å². The highest BCUT2D eigenvalue weighted by molar-refractivity contribution is 5.64. The van der Waals surface area contributed by atoms with Crippen molar-refractivity contribution in [3.05, 3.63) is 35.9 Å². The minimum atomic E-state index is -0.762. The molecule has 0 aliphatic rings. The van der Waals surface area contributed by atoms with Crippen LogP contribution in [0.2, 0.25) is 0 Å². The first-order valence-corrected chi connectivity index (χ1v) is 3.17. The van der Waals surface area contributed by atoms with Crippen LogP contribution in [0.25, 0.3) is 0 Å². The Morgan fingerprint density at radius 3 is 3.00 bits per heavy atom. The summed E-state index contributed by atoms with van der Waals surface area (Å²) in [7, 11) is 0. The molecule has 3 nitrogen and oxygen atoms in total. The Balaban J connectivity index is 2.45. The summed E-state index contributed by atoms with van der Waals surface area (Å²) in [5.74, 6) is 0. The van der Waals surface area contributed by atoms with Gasteiger partial charge in [0.2, 0.25) is 0 Å². The van der Waals surface area contributed by atoms with E-state index in [2.05, 4.69) is 10.8 Å². The fraction of sp³-hybridized carbons (Fsp3) is 0.125. The van der Waals surface area contributed by atoms with Gasteiger partial charge in [-0.1, -0.05) is 24.3 Å². The van der Waals surface area contributed by atoms with Crippen LogP contribution in [-0.4, -0.2) is 6.09 Å². The number of nitrogens with two attached hydrogens (primary N) is 1. The van der Waals surface area contributed by atoms with E-state index in [9.17, 15) is 4.79 Å². The summed E-state index contributed by atoms with van der Waals surface area (Å²) in [5.41, 5.74) is 5.58. The van der Waals surface area contributed by atoms with Crippen LogP contribution in [0.4, 0.5) is 4.79 Å². The topological polar surface area (TPSA) is 52.3 Å². The molecule has 11 heavy (non-hydrogen) atoms. The van der Waals surface area contributed by atoms with Gasteiger partial charge in [0.1, 0.15) is 6.61 Å². The molecule has 3 heteroatoms. The fourth-order valence-corrected chi connectivity index (χ4v) is 0.669. The number of hydrogen-bond donors (Lipinski definition) is 1. The molecule has 2 N–H and O–H groups in total. The lowest BCUT2D eigenvalue weighted by Crippen LogP contribution is -2.12. The summed E-state index contributed by atoms with van der Waals surface area (Å²) in [6.07, 6.45) is -0.762. The van der Waals surface area contributed by atoms with E-state index in [1.165, 1.54) is 0 Å². The smallest absolute Gasteiger partial charge is 0.404 e. The molecule has 0 aromatic heterocycles. The molecular formula is C8H8NO2. The second-order valence-electron chi connectivity index (χ2n) is 2.00. The standard InChI is InChI=1S/C8H8NO2/c9-8(10)11-6-7-4-2-1-3-5-7/h1-4H,6H2,(H2,9,10). The zero-order valence-corrected chi connectivity index (χ0v) is 5.91. The number of benzene rings is 1. The molecule has 1 radical (unpaired) electrons. The van der Waals surface area contributed by atoms with Gasteiger partial charge in [-0.2, -0.15) is 0 Å². The first-order valence-electron chi connectivity index (χ1n) is 3.17. The zero-order chi connectivity index (χ0) is 8.10. The SMILES string of the molecule is NC(=O)OCc1[c]cccc1. The Kier molecular flexibility index (Phi) is 2.49. The van der Waals surface area contributed by atoms with E-state index in [4.69, 9.17) is 5.73 Å². The summed E-state index contributed by atoms with van der Waals surface area (Å²) in [6.45, 7) is 0.191. The van der Waals surface area contributed by atoms with Gasteiger partial charge in [0.15, 0.2) is 0 Å². The first kappa shape index (κ1) is 7.60. The van der Waals surface area contributed by atoms with Gasteiger partial charge in [-0.05, 0) is 11.6 Å². The molecule has 0 fully saturated rings. The van der Waals surface area contributed by atoms with Crippen LogP contribution in [0.3, 0.4) is 0 Å². The van der Waals surface area contributed by atoms with Crippen LogP contribution in [0.5, 0.6) is 0 Å². The van der Waals surface area contributed by atoms with E-state index in [0.29, 0.717) is 0 Å². The highest BCUT2D eigenvalue weighted by Gasteiger charge is 1.94. The number of primary amides is 1. The average molecular weight is 150 g/mol. The van der Waals surface area contributed by atoms with Gasteiger partial charge in [0, 0.05) is 0 Å². The Hall–Kier alpha value is -1.51. The molecule has 1 rings (SSSR count). The van der Waals surface area contributed by atoms with E-state index in [-0.39, 0.29) is 6.61 Å². The minimum Gasteiger partial charge on any atom is -0.445 e. The van der Waals surface area contributed by atoms with Gasteiger partial charge in [-0.25, -0.2) is 4.79 Å². The number of carbonyl (C=O) groups excluding carboxylic acids is 1. The van der Waals surface area contributed by atoms with Crippen LogP contribution in [0.15, 0.2) is 24.3 Å². The van der Waals surface area contributed by atoms with Crippen LogP contribution >= 0.6 is 0 Å². The number of hydrogen-bond acceptors (Lipinski definition) is 2. The molecule has 1 amide bonds. The van der Waals surface area contributed by atoms with E-state index in [1.807, 2.05) is 18.2 Å². The Labute approximate surface area is 64.8 Å². The zero-order valence-electron chi connectivity index (χ0n) is 5.91. The third kappa shape index (κ3) is 2.71. The first-order chi connectivity index (χ1) is 5.29. The Bertz CT molecular complexity index is 233. The van der Waals surface area contributed by atoms with Crippen molar-refractivity contribution < 1.29 is 9.53 Å². The van der Waals surface area contributed by atoms with Crippen molar-refractivity contribution in [2.75, 3.05) is 0 Å². The molecule has 0 saturated carbocycles. The van der Waals surface area contributed by atoms with Gasteiger partial charge in [-0.15, -0.1) is 0 Å². The predicted octanol–water partition coefficient (Wildman–Crippen LogP) is 1.08. The van der Waals surface area contributed by atoms with Crippen LogP contribution in [-0.2, 0) is 11.3 Å². The predicted molar refractivity (Wildman–Crippen MR) is 39.7 cm³/mol. The van der Waals surface area contributed by atoms with Crippen LogP contribution in [0, 0.1) is 6.07 Å². The van der Waals surface area contributed by atoms with Crippen LogP contribution in [0.1, 0.15) is 5.56 Å². The largest absolute Gasteiger partial charge is 0.445 e. The second-order valence-corrected chi connectivity index (χ2v) is 2.00. The van der Waals surface area contributed by atoms with E-state index in [1.54, 1.807) is 6.07 Å². The highest BCUT2D eigenvalue weighted by atomic mass is 16.5. The molecule has 0 aliphatic carbocycles. The number of amides is 1. The molecule has 57 valence electrons. The summed E-state index contributed by atoms with van der Waals surface area (Å²) < 4.78 is 4.54. The van der Waals surface area contributed by atoms with Gasteiger partial charge >= 0.3 is 6.09 Å². The van der Waals surface area contributed by atoms with Crippen molar-refractivity contribution in [1.82, 2.24) is 0 Å².